The van der Waals surface area contributed by atoms with Gasteiger partial charge in [-0.05, 0) is 12.8 Å². The van der Waals surface area contributed by atoms with Gasteiger partial charge in [0.15, 0.2) is 0 Å². The Morgan fingerprint density at radius 2 is 2.54 bits per heavy atom. The van der Waals surface area contributed by atoms with Crippen LogP contribution in [0.25, 0.3) is 0 Å². The molecule has 3 nitrogen and oxygen atoms in total. The van der Waals surface area contributed by atoms with E-state index in [1.165, 1.54) is 6.42 Å². The molecule has 0 aromatic carbocycles. The molecule has 0 aromatic rings. The Bertz CT molecular complexity index is 222. The fourth-order valence-corrected chi connectivity index (χ4v) is 3.49. The molecule has 0 saturated carbocycles. The summed E-state index contributed by atoms with van der Waals surface area (Å²) in [5.74, 6) is 1.28. The second-order valence-electron chi connectivity index (χ2n) is 3.85. The van der Waals surface area contributed by atoms with E-state index in [0.29, 0.717) is 11.3 Å². The minimum Gasteiger partial charge on any atom is -0.336 e. The molecule has 2 rings (SSSR count). The van der Waals surface area contributed by atoms with Crippen molar-refractivity contribution in [1.29, 1.82) is 0 Å². The summed E-state index contributed by atoms with van der Waals surface area (Å²) in [7, 11) is 0. The molecule has 2 N–H and O–H groups in total. The standard InChI is InChI=1S/C9H16N2OS/c1-2-8(10)9(12)11-4-7-3-6(11)5-13-7/h6-8H,2-5,10H2,1H3. The van der Waals surface area contributed by atoms with Crippen LogP contribution < -0.4 is 5.73 Å². The fraction of sp³-hybridized carbons (Fsp3) is 0.889. The van der Waals surface area contributed by atoms with Gasteiger partial charge in [0.05, 0.1) is 6.04 Å². The molecule has 3 atom stereocenters. The predicted octanol–water partition coefficient (Wildman–Crippen LogP) is 0.440. The lowest BCUT2D eigenvalue weighted by Gasteiger charge is -2.28. The number of nitrogens with zero attached hydrogens (tertiary/aromatic N) is 1. The minimum absolute atomic E-state index is 0.162. The van der Waals surface area contributed by atoms with Crippen LogP contribution in [0.2, 0.25) is 0 Å². The molecule has 2 bridgehead atoms. The molecule has 2 aliphatic heterocycles. The Morgan fingerprint density at radius 1 is 1.77 bits per heavy atom. The maximum atomic E-state index is 11.8. The molecule has 0 aromatic heterocycles. The van der Waals surface area contributed by atoms with Crippen molar-refractivity contribution in [1.82, 2.24) is 4.90 Å². The van der Waals surface area contributed by atoms with Crippen LogP contribution in [-0.4, -0.2) is 40.4 Å². The SMILES string of the molecule is CCC(N)C(=O)N1CC2CC1CS2. The lowest BCUT2D eigenvalue weighted by atomic mass is 10.2. The molecular weight excluding hydrogens is 184 g/mol. The maximum Gasteiger partial charge on any atom is 0.239 e. The summed E-state index contributed by atoms with van der Waals surface area (Å²) < 4.78 is 0. The number of hydrogen-bond acceptors (Lipinski definition) is 3. The number of nitrogens with two attached hydrogens (primary N) is 1. The molecule has 0 aliphatic carbocycles. The highest BCUT2D eigenvalue weighted by atomic mass is 32.2. The van der Waals surface area contributed by atoms with Crippen LogP contribution in [0.4, 0.5) is 0 Å². The number of rotatable bonds is 2. The van der Waals surface area contributed by atoms with Gasteiger partial charge in [0, 0.05) is 23.6 Å². The topological polar surface area (TPSA) is 46.3 Å². The number of carbonyl (C=O) groups excluding carboxylic acids is 1. The van der Waals surface area contributed by atoms with Gasteiger partial charge >= 0.3 is 0 Å². The first kappa shape index (κ1) is 9.34. The Labute approximate surface area is 83.0 Å². The van der Waals surface area contributed by atoms with Crippen LogP contribution in [-0.2, 0) is 4.79 Å². The van der Waals surface area contributed by atoms with Gasteiger partial charge in [-0.2, -0.15) is 11.8 Å². The Kier molecular flexibility index (Phi) is 2.51. The highest BCUT2D eigenvalue weighted by molar-refractivity contribution is 8.00. The van der Waals surface area contributed by atoms with Crippen LogP contribution in [0.15, 0.2) is 0 Å². The van der Waals surface area contributed by atoms with E-state index in [1.54, 1.807) is 0 Å². The third-order valence-electron chi connectivity index (χ3n) is 2.94. The number of carbonyl (C=O) groups is 1. The molecule has 2 heterocycles. The smallest absolute Gasteiger partial charge is 0.239 e. The Morgan fingerprint density at radius 3 is 3.00 bits per heavy atom. The van der Waals surface area contributed by atoms with Crippen molar-refractivity contribution < 1.29 is 4.79 Å². The average Bonchev–Trinajstić information content (AvgIpc) is 2.76. The van der Waals surface area contributed by atoms with Crippen molar-refractivity contribution in [3.8, 4) is 0 Å². The van der Waals surface area contributed by atoms with Gasteiger partial charge in [-0.15, -0.1) is 0 Å². The summed E-state index contributed by atoms with van der Waals surface area (Å²) in [5, 5.41) is 0.693. The van der Waals surface area contributed by atoms with Gasteiger partial charge in [0.25, 0.3) is 0 Å². The molecule has 74 valence electrons. The van der Waals surface area contributed by atoms with Gasteiger partial charge in [-0.25, -0.2) is 0 Å². The summed E-state index contributed by atoms with van der Waals surface area (Å²) >= 11 is 2.00. The van der Waals surface area contributed by atoms with E-state index in [4.69, 9.17) is 5.73 Å². The molecule has 0 spiro atoms. The summed E-state index contributed by atoms with van der Waals surface area (Å²) in [6, 6.07) is 0.212. The van der Waals surface area contributed by atoms with Crippen molar-refractivity contribution >= 4 is 17.7 Å². The Hall–Kier alpha value is -0.220. The van der Waals surface area contributed by atoms with E-state index in [2.05, 4.69) is 0 Å². The van der Waals surface area contributed by atoms with Crippen LogP contribution in [0.1, 0.15) is 19.8 Å². The van der Waals surface area contributed by atoms with Crippen LogP contribution in [0, 0.1) is 0 Å². The molecule has 3 unspecified atom stereocenters. The fourth-order valence-electron chi connectivity index (χ4n) is 2.06. The first-order valence-electron chi connectivity index (χ1n) is 4.90. The summed E-state index contributed by atoms with van der Waals surface area (Å²) in [5.41, 5.74) is 5.73. The molecular formula is C9H16N2OS. The third-order valence-corrected chi connectivity index (χ3v) is 4.33. The summed E-state index contributed by atoms with van der Waals surface area (Å²) in [6.45, 7) is 2.90. The zero-order chi connectivity index (χ0) is 9.42. The van der Waals surface area contributed by atoms with Crippen molar-refractivity contribution in [3.63, 3.8) is 0 Å². The van der Waals surface area contributed by atoms with Crippen LogP contribution >= 0.6 is 11.8 Å². The van der Waals surface area contributed by atoms with Crippen molar-refractivity contribution in [3.05, 3.63) is 0 Å². The lowest BCUT2D eigenvalue weighted by molar-refractivity contribution is -0.133. The molecule has 2 aliphatic rings. The maximum absolute atomic E-state index is 11.8. The molecule has 13 heavy (non-hydrogen) atoms. The zero-order valence-corrected chi connectivity index (χ0v) is 8.72. The van der Waals surface area contributed by atoms with Crippen LogP contribution in [0.5, 0.6) is 0 Å². The van der Waals surface area contributed by atoms with Crippen molar-refractivity contribution in [2.24, 2.45) is 5.73 Å². The summed E-state index contributed by atoms with van der Waals surface area (Å²) in [4.78, 5) is 13.8. The minimum atomic E-state index is -0.274. The average molecular weight is 200 g/mol. The lowest BCUT2D eigenvalue weighted by Crippen LogP contribution is -2.47. The number of hydrogen-bond donors (Lipinski definition) is 1. The Balaban J connectivity index is 1.98. The van der Waals surface area contributed by atoms with Gasteiger partial charge in [-0.1, -0.05) is 6.92 Å². The molecule has 1 amide bonds. The van der Waals surface area contributed by atoms with Gasteiger partial charge < -0.3 is 10.6 Å². The van der Waals surface area contributed by atoms with E-state index in [-0.39, 0.29) is 11.9 Å². The number of fused-ring (bicyclic) bond motifs is 2. The van der Waals surface area contributed by atoms with Gasteiger partial charge in [-0.3, -0.25) is 4.79 Å². The number of amides is 1. The van der Waals surface area contributed by atoms with Crippen molar-refractivity contribution in [2.45, 2.75) is 37.1 Å². The van der Waals surface area contributed by atoms with Gasteiger partial charge in [0.2, 0.25) is 5.91 Å². The number of likely N-dealkylation sites (tertiary alicyclic amines) is 1. The second kappa shape index (κ2) is 3.50. The number of thioether (sulfide) groups is 1. The highest BCUT2D eigenvalue weighted by Gasteiger charge is 2.41. The monoisotopic (exact) mass is 200 g/mol. The largest absolute Gasteiger partial charge is 0.336 e. The molecule has 0 radical (unpaired) electrons. The second-order valence-corrected chi connectivity index (χ2v) is 5.18. The van der Waals surface area contributed by atoms with E-state index in [0.717, 1.165) is 18.7 Å². The quantitative estimate of drug-likeness (QED) is 0.703. The molecule has 4 heteroatoms. The first-order chi connectivity index (χ1) is 6.22. The summed E-state index contributed by atoms with van der Waals surface area (Å²) in [6.07, 6.45) is 1.94. The highest BCUT2D eigenvalue weighted by Crippen LogP contribution is 2.37. The van der Waals surface area contributed by atoms with E-state index < -0.39 is 0 Å². The third kappa shape index (κ3) is 1.57. The van der Waals surface area contributed by atoms with E-state index in [9.17, 15) is 4.79 Å². The van der Waals surface area contributed by atoms with E-state index >= 15 is 0 Å². The molecule has 2 saturated heterocycles. The zero-order valence-electron chi connectivity index (χ0n) is 7.90. The normalized spacial score (nSPS) is 33.8. The first-order valence-corrected chi connectivity index (χ1v) is 5.95. The predicted molar refractivity (Wildman–Crippen MR) is 54.6 cm³/mol. The van der Waals surface area contributed by atoms with Crippen LogP contribution in [0.3, 0.4) is 0 Å². The van der Waals surface area contributed by atoms with Gasteiger partial charge in [0.1, 0.15) is 0 Å². The molecule has 2 fully saturated rings. The van der Waals surface area contributed by atoms with Crippen molar-refractivity contribution in [2.75, 3.05) is 12.3 Å². The van der Waals surface area contributed by atoms with E-state index in [1.807, 2.05) is 23.6 Å².